The van der Waals surface area contributed by atoms with Gasteiger partial charge >= 0.3 is 5.97 Å². The van der Waals surface area contributed by atoms with Gasteiger partial charge in [-0.1, -0.05) is 36.4 Å². The van der Waals surface area contributed by atoms with Gasteiger partial charge in [0, 0.05) is 18.8 Å². The third-order valence-corrected chi connectivity index (χ3v) is 7.35. The van der Waals surface area contributed by atoms with Gasteiger partial charge in [0.1, 0.15) is 17.6 Å². The van der Waals surface area contributed by atoms with Gasteiger partial charge < -0.3 is 24.4 Å². The van der Waals surface area contributed by atoms with Gasteiger partial charge in [-0.2, -0.15) is 0 Å². The number of anilines is 1. The number of aliphatic hydroxyl groups excluding tert-OH is 1. The second-order valence-electron chi connectivity index (χ2n) is 9.48. The van der Waals surface area contributed by atoms with Crippen molar-refractivity contribution in [3.63, 3.8) is 0 Å². The van der Waals surface area contributed by atoms with Gasteiger partial charge in [-0.05, 0) is 43.9 Å². The molecule has 1 aromatic carbocycles. The molecule has 4 heterocycles. The normalized spacial score (nSPS) is 33.9. The molecular weight excluding hydrogens is 436 g/mol. The Morgan fingerprint density at radius 2 is 1.97 bits per heavy atom. The number of aliphatic hydroxyl groups is 1. The molecule has 2 saturated heterocycles. The molecule has 4 aliphatic rings. The lowest BCUT2D eigenvalue weighted by Gasteiger charge is -2.35. The number of hydrogen-bond donors (Lipinski definition) is 1. The van der Waals surface area contributed by atoms with Crippen molar-refractivity contribution in [3.05, 3.63) is 53.6 Å². The summed E-state index contributed by atoms with van der Waals surface area (Å²) in [7, 11) is 0. The molecule has 5 atom stereocenters. The topological polar surface area (TPSA) is 96.4 Å². The van der Waals surface area contributed by atoms with Crippen LogP contribution in [0.3, 0.4) is 0 Å². The summed E-state index contributed by atoms with van der Waals surface area (Å²) in [6.45, 7) is 4.18. The molecule has 1 spiro atoms. The Kier molecular flexibility index (Phi) is 5.81. The number of likely N-dealkylation sites (tertiary alicyclic amines) is 1. The van der Waals surface area contributed by atoms with Crippen LogP contribution in [0.4, 0.5) is 5.69 Å². The van der Waals surface area contributed by atoms with Crippen LogP contribution in [-0.2, 0) is 23.9 Å². The zero-order valence-corrected chi connectivity index (χ0v) is 19.5. The van der Waals surface area contributed by atoms with Crippen molar-refractivity contribution in [1.29, 1.82) is 0 Å². The molecule has 8 heteroatoms. The van der Waals surface area contributed by atoms with E-state index in [2.05, 4.69) is 0 Å². The summed E-state index contributed by atoms with van der Waals surface area (Å²) in [6.07, 6.45) is 8.20. The number of amides is 2. The standard InChI is InChI=1S/C26H30N2O6/c1-16-8-9-17(2)18(15-16)27-11-6-10-26-21(23(30)28(12-13-29)22(26)24(27)31)20-19(34-26)7-4-3-5-14-33-25(20)32/h4,6-10,15,19-22,29H,3,5,11-14H2,1-2H3/b7-4-/t19-,20+,21-,22?,26-/m0/s1. The predicted molar refractivity (Wildman–Crippen MR) is 124 cm³/mol. The van der Waals surface area contributed by atoms with Crippen LogP contribution in [0, 0.1) is 25.7 Å². The number of fused-ring (bicyclic) bond motifs is 2. The number of ether oxygens (including phenoxy) is 2. The first-order valence-electron chi connectivity index (χ1n) is 11.9. The average Bonchev–Trinajstić information content (AvgIpc) is 3.21. The summed E-state index contributed by atoms with van der Waals surface area (Å²) >= 11 is 0. The zero-order valence-electron chi connectivity index (χ0n) is 19.5. The fourth-order valence-corrected chi connectivity index (χ4v) is 5.83. The van der Waals surface area contributed by atoms with Crippen LogP contribution in [-0.4, -0.2) is 71.8 Å². The number of carbonyl (C=O) groups is 3. The van der Waals surface area contributed by atoms with E-state index in [0.29, 0.717) is 13.0 Å². The van der Waals surface area contributed by atoms with Crippen molar-refractivity contribution in [2.75, 3.05) is 31.2 Å². The van der Waals surface area contributed by atoms with Gasteiger partial charge in [-0.15, -0.1) is 0 Å². The van der Waals surface area contributed by atoms with Crippen molar-refractivity contribution in [1.82, 2.24) is 4.90 Å². The van der Waals surface area contributed by atoms with E-state index in [1.807, 2.05) is 50.3 Å². The summed E-state index contributed by atoms with van der Waals surface area (Å²) in [5, 5.41) is 9.74. The van der Waals surface area contributed by atoms with Gasteiger partial charge in [-0.25, -0.2) is 0 Å². The molecule has 0 aliphatic carbocycles. The minimum atomic E-state index is -1.31. The number of cyclic esters (lactones) is 1. The molecule has 4 aliphatic heterocycles. The highest BCUT2D eigenvalue weighted by molar-refractivity contribution is 6.05. The number of nitrogens with zero attached hydrogens (tertiary/aromatic N) is 2. The molecule has 1 aromatic rings. The van der Waals surface area contributed by atoms with Gasteiger partial charge in [0.2, 0.25) is 5.91 Å². The first kappa shape index (κ1) is 22.8. The van der Waals surface area contributed by atoms with Crippen LogP contribution in [0.15, 0.2) is 42.5 Å². The van der Waals surface area contributed by atoms with Crippen molar-refractivity contribution in [2.24, 2.45) is 11.8 Å². The van der Waals surface area contributed by atoms with E-state index in [9.17, 15) is 19.5 Å². The van der Waals surface area contributed by atoms with E-state index in [1.165, 1.54) is 4.90 Å². The molecule has 2 amide bonds. The van der Waals surface area contributed by atoms with Crippen molar-refractivity contribution < 1.29 is 29.0 Å². The molecule has 180 valence electrons. The number of benzene rings is 1. The summed E-state index contributed by atoms with van der Waals surface area (Å²) < 4.78 is 12.0. The second kappa shape index (κ2) is 8.67. The van der Waals surface area contributed by atoms with Crippen LogP contribution >= 0.6 is 0 Å². The number of aryl methyl sites for hydroxylation is 2. The maximum atomic E-state index is 14.1. The Bertz CT molecular complexity index is 1080. The van der Waals surface area contributed by atoms with Crippen LogP contribution in [0.5, 0.6) is 0 Å². The Labute approximate surface area is 198 Å². The molecule has 0 bridgehead atoms. The summed E-state index contributed by atoms with van der Waals surface area (Å²) in [5.74, 6) is -2.88. The number of allylic oxidation sites excluding steroid dienone is 1. The monoisotopic (exact) mass is 466 g/mol. The molecule has 2 fully saturated rings. The number of esters is 1. The fraction of sp³-hybridized carbons (Fsp3) is 0.500. The highest BCUT2D eigenvalue weighted by atomic mass is 16.6. The minimum Gasteiger partial charge on any atom is -0.465 e. The number of rotatable bonds is 3. The van der Waals surface area contributed by atoms with Gasteiger partial charge in [0.25, 0.3) is 5.91 Å². The molecule has 0 aromatic heterocycles. The molecule has 0 radical (unpaired) electrons. The van der Waals surface area contributed by atoms with Gasteiger partial charge in [0.15, 0.2) is 0 Å². The third-order valence-electron chi connectivity index (χ3n) is 7.35. The van der Waals surface area contributed by atoms with E-state index >= 15 is 0 Å². The van der Waals surface area contributed by atoms with Crippen molar-refractivity contribution in [2.45, 2.75) is 44.4 Å². The van der Waals surface area contributed by atoms with Crippen molar-refractivity contribution >= 4 is 23.5 Å². The lowest BCUT2D eigenvalue weighted by molar-refractivity contribution is -0.154. The number of carbonyl (C=O) groups excluding carboxylic acids is 3. The molecule has 34 heavy (non-hydrogen) atoms. The smallest absolute Gasteiger partial charge is 0.312 e. The average molecular weight is 467 g/mol. The second-order valence-corrected chi connectivity index (χ2v) is 9.48. The lowest BCUT2D eigenvalue weighted by atomic mass is 9.78. The summed E-state index contributed by atoms with van der Waals surface area (Å²) in [4.78, 5) is 44.0. The summed E-state index contributed by atoms with van der Waals surface area (Å²) in [6, 6.07) is 4.92. The minimum absolute atomic E-state index is 0.0202. The Hall–Kier alpha value is -2.97. The van der Waals surface area contributed by atoms with Gasteiger partial charge in [-0.3, -0.25) is 14.4 Å². The Morgan fingerprint density at radius 1 is 1.15 bits per heavy atom. The molecule has 0 saturated carbocycles. The van der Waals surface area contributed by atoms with Crippen LogP contribution in [0.1, 0.15) is 24.0 Å². The maximum absolute atomic E-state index is 14.1. The SMILES string of the molecule is Cc1ccc(C)c(N2CC=C[C@]34O[C@H]5/C=C\CCCOC(=O)[C@H]5[C@H]3C(=O)N(CCO)C4C2=O)c1. The van der Waals surface area contributed by atoms with E-state index in [1.54, 1.807) is 11.0 Å². The zero-order chi connectivity index (χ0) is 24.0. The summed E-state index contributed by atoms with van der Waals surface area (Å²) in [5.41, 5.74) is 1.41. The largest absolute Gasteiger partial charge is 0.465 e. The van der Waals surface area contributed by atoms with E-state index in [0.717, 1.165) is 23.2 Å². The molecule has 1 unspecified atom stereocenters. The molecule has 5 rings (SSSR count). The molecular formula is C26H30N2O6. The third kappa shape index (κ3) is 3.39. The highest BCUT2D eigenvalue weighted by Gasteiger charge is 2.71. The number of β-amino-alcohol motifs (C(OH)–C–C–N with tert-alkyl or cyclic N) is 1. The van der Waals surface area contributed by atoms with E-state index < -0.39 is 35.6 Å². The van der Waals surface area contributed by atoms with E-state index in [4.69, 9.17) is 9.47 Å². The number of hydrogen-bond acceptors (Lipinski definition) is 6. The first-order chi connectivity index (χ1) is 16.4. The van der Waals surface area contributed by atoms with Crippen molar-refractivity contribution in [3.8, 4) is 0 Å². The first-order valence-corrected chi connectivity index (χ1v) is 11.9. The highest BCUT2D eigenvalue weighted by Crippen LogP contribution is 2.53. The fourth-order valence-electron chi connectivity index (χ4n) is 5.83. The Morgan fingerprint density at radius 3 is 2.76 bits per heavy atom. The lowest BCUT2D eigenvalue weighted by Crippen LogP contribution is -2.55. The molecule has 1 N–H and O–H groups in total. The van der Waals surface area contributed by atoms with Crippen LogP contribution in [0.2, 0.25) is 0 Å². The predicted octanol–water partition coefficient (Wildman–Crippen LogP) is 1.67. The van der Waals surface area contributed by atoms with Gasteiger partial charge in [0.05, 0.1) is 25.2 Å². The van der Waals surface area contributed by atoms with Crippen LogP contribution < -0.4 is 4.90 Å². The maximum Gasteiger partial charge on any atom is 0.312 e. The Balaban J connectivity index is 1.62. The van der Waals surface area contributed by atoms with Crippen LogP contribution in [0.25, 0.3) is 0 Å². The molecule has 8 nitrogen and oxygen atoms in total. The van der Waals surface area contributed by atoms with E-state index in [-0.39, 0.29) is 31.6 Å². The quantitative estimate of drug-likeness (QED) is 0.538.